The number of rotatable bonds is 3. The molecule has 2 rings (SSSR count). The van der Waals surface area contributed by atoms with Crippen molar-refractivity contribution in [2.45, 2.75) is 4.90 Å². The largest absolute Gasteiger partial charge is 0.278 e. The molecule has 0 aliphatic carbocycles. The zero-order valence-corrected chi connectivity index (χ0v) is 14.3. The summed E-state index contributed by atoms with van der Waals surface area (Å²) >= 11 is 15.7. The minimum absolute atomic E-state index is 0.0677. The monoisotopic (exact) mass is 410 g/mol. The molecule has 4 nitrogen and oxygen atoms in total. The number of hydrogen-bond acceptors (Lipinski definition) is 4. The molecule has 0 saturated carbocycles. The second-order valence-corrected chi connectivity index (χ2v) is 8.45. The first kappa shape index (κ1) is 15.6. The summed E-state index contributed by atoms with van der Waals surface area (Å²) in [6.45, 7) is 0. The van der Waals surface area contributed by atoms with Crippen molar-refractivity contribution in [1.82, 2.24) is 0 Å². The molecule has 0 fully saturated rings. The van der Waals surface area contributed by atoms with Crippen molar-refractivity contribution in [2.75, 3.05) is 4.72 Å². The average Bonchev–Trinajstić information content (AvgIpc) is 2.71. The van der Waals surface area contributed by atoms with Crippen LogP contribution in [-0.2, 0) is 10.0 Å². The van der Waals surface area contributed by atoms with Crippen LogP contribution in [0, 0.1) is 11.3 Å². The zero-order chi connectivity index (χ0) is 14.9. The molecule has 20 heavy (non-hydrogen) atoms. The number of sulfonamides is 1. The summed E-state index contributed by atoms with van der Waals surface area (Å²) in [5.41, 5.74) is 0.370. The van der Waals surface area contributed by atoms with Gasteiger partial charge in [-0.05, 0) is 24.3 Å². The number of halogens is 3. The van der Waals surface area contributed by atoms with Crippen LogP contribution in [0.1, 0.15) is 5.56 Å². The van der Waals surface area contributed by atoms with Gasteiger partial charge in [0, 0.05) is 4.47 Å². The highest BCUT2D eigenvalue weighted by Gasteiger charge is 2.22. The highest BCUT2D eigenvalue weighted by molar-refractivity contribution is 9.10. The van der Waals surface area contributed by atoms with Gasteiger partial charge < -0.3 is 0 Å². The summed E-state index contributed by atoms with van der Waals surface area (Å²) in [5, 5.41) is 9.02. The van der Waals surface area contributed by atoms with Crippen LogP contribution in [0.3, 0.4) is 0 Å². The third-order valence-electron chi connectivity index (χ3n) is 2.26. The van der Waals surface area contributed by atoms with Gasteiger partial charge in [0.05, 0.1) is 15.6 Å². The van der Waals surface area contributed by atoms with Gasteiger partial charge in [0.25, 0.3) is 10.0 Å². The molecule has 1 aromatic heterocycles. The Morgan fingerprint density at radius 3 is 2.55 bits per heavy atom. The molecular weight excluding hydrogens is 407 g/mol. The van der Waals surface area contributed by atoms with Crippen LogP contribution in [0.25, 0.3) is 0 Å². The van der Waals surface area contributed by atoms with Crippen LogP contribution in [0.5, 0.6) is 0 Å². The molecule has 0 unspecified atom stereocenters. The summed E-state index contributed by atoms with van der Waals surface area (Å²) in [5.74, 6) is 0. The van der Waals surface area contributed by atoms with Gasteiger partial charge in [-0.1, -0.05) is 39.1 Å². The zero-order valence-electron chi connectivity index (χ0n) is 9.52. The van der Waals surface area contributed by atoms with E-state index in [0.717, 1.165) is 11.3 Å². The highest BCUT2D eigenvalue weighted by atomic mass is 79.9. The average molecular weight is 412 g/mol. The van der Waals surface area contributed by atoms with Crippen molar-refractivity contribution < 1.29 is 8.42 Å². The van der Waals surface area contributed by atoms with Crippen molar-refractivity contribution in [3.8, 4) is 6.07 Å². The second kappa shape index (κ2) is 5.92. The summed E-state index contributed by atoms with van der Waals surface area (Å²) < 4.78 is 27.8. The van der Waals surface area contributed by atoms with Gasteiger partial charge in [-0.3, -0.25) is 4.72 Å². The van der Waals surface area contributed by atoms with E-state index in [0.29, 0.717) is 4.47 Å². The maximum atomic E-state index is 12.2. The topological polar surface area (TPSA) is 70.0 Å². The van der Waals surface area contributed by atoms with E-state index in [-0.39, 0.29) is 24.8 Å². The Hall–Kier alpha value is -0.780. The molecule has 0 bridgehead atoms. The Morgan fingerprint density at radius 2 is 2.00 bits per heavy atom. The number of benzene rings is 1. The first-order valence-corrected chi connectivity index (χ1v) is 8.85. The molecule has 104 valence electrons. The Balaban J connectivity index is 2.44. The van der Waals surface area contributed by atoms with E-state index < -0.39 is 10.0 Å². The van der Waals surface area contributed by atoms with Gasteiger partial charge in [-0.25, -0.2) is 8.42 Å². The summed E-state index contributed by atoms with van der Waals surface area (Å²) in [6, 6.07) is 7.81. The first-order chi connectivity index (χ1) is 9.33. The van der Waals surface area contributed by atoms with E-state index in [2.05, 4.69) is 20.7 Å². The number of nitriles is 1. The molecule has 0 aliphatic heterocycles. The third kappa shape index (κ3) is 3.27. The van der Waals surface area contributed by atoms with Crippen molar-refractivity contribution >= 4 is 66.2 Å². The fourth-order valence-corrected chi connectivity index (χ4v) is 5.00. The van der Waals surface area contributed by atoms with Crippen molar-refractivity contribution in [1.29, 1.82) is 5.26 Å². The number of nitrogens with one attached hydrogen (secondary N) is 1. The number of thiophene rings is 1. The van der Waals surface area contributed by atoms with E-state index >= 15 is 0 Å². The first-order valence-electron chi connectivity index (χ1n) is 5.01. The van der Waals surface area contributed by atoms with Crippen LogP contribution in [-0.4, -0.2) is 8.42 Å². The van der Waals surface area contributed by atoms with Gasteiger partial charge in [0.1, 0.15) is 15.3 Å². The highest BCUT2D eigenvalue weighted by Crippen LogP contribution is 2.35. The van der Waals surface area contributed by atoms with Crippen LogP contribution >= 0.6 is 50.5 Å². The van der Waals surface area contributed by atoms with Crippen molar-refractivity contribution in [3.63, 3.8) is 0 Å². The minimum Gasteiger partial charge on any atom is -0.278 e. The van der Waals surface area contributed by atoms with Gasteiger partial charge in [0.2, 0.25) is 0 Å². The molecular formula is C11H5BrCl2N2O2S2. The van der Waals surface area contributed by atoms with E-state index in [9.17, 15) is 8.42 Å². The predicted octanol–water partition coefficient (Wildman–Crippen LogP) is 4.49. The summed E-state index contributed by atoms with van der Waals surface area (Å²) in [4.78, 5) is -0.110. The Kier molecular flexibility index (Phi) is 4.62. The summed E-state index contributed by atoms with van der Waals surface area (Å²) in [6.07, 6.45) is 0. The lowest BCUT2D eigenvalue weighted by Crippen LogP contribution is -2.13. The lowest BCUT2D eigenvalue weighted by Gasteiger charge is -2.08. The minimum atomic E-state index is -3.89. The molecule has 1 N–H and O–H groups in total. The van der Waals surface area contributed by atoms with Crippen molar-refractivity contribution in [3.05, 3.63) is 43.0 Å². The smallest absolute Gasteiger partial charge is 0.264 e. The van der Waals surface area contributed by atoms with Gasteiger partial charge >= 0.3 is 0 Å². The molecule has 0 atom stereocenters. The van der Waals surface area contributed by atoms with E-state index in [1.807, 2.05) is 6.07 Å². The molecule has 0 spiro atoms. The summed E-state index contributed by atoms with van der Waals surface area (Å²) in [7, 11) is -3.89. The molecule has 1 aromatic carbocycles. The Labute approximate surface area is 138 Å². The second-order valence-electron chi connectivity index (χ2n) is 3.60. The van der Waals surface area contributed by atoms with Crippen LogP contribution in [0.4, 0.5) is 5.69 Å². The van der Waals surface area contributed by atoms with Gasteiger partial charge in [-0.15, -0.1) is 11.3 Å². The number of nitrogens with zero attached hydrogens (tertiary/aromatic N) is 1. The third-order valence-corrected chi connectivity index (χ3v) is 5.87. The Morgan fingerprint density at radius 1 is 1.30 bits per heavy atom. The van der Waals surface area contributed by atoms with Crippen molar-refractivity contribution in [2.24, 2.45) is 0 Å². The SMILES string of the molecule is N#Cc1cc(Br)ccc1NS(=O)(=O)c1cc(Cl)sc1Cl. The van der Waals surface area contributed by atoms with Gasteiger partial charge in [-0.2, -0.15) is 5.26 Å². The number of anilines is 1. The quantitative estimate of drug-likeness (QED) is 0.808. The molecule has 1 heterocycles. The van der Waals surface area contributed by atoms with Crippen LogP contribution < -0.4 is 4.72 Å². The lowest BCUT2D eigenvalue weighted by molar-refractivity contribution is 0.601. The molecule has 9 heteroatoms. The van der Waals surface area contributed by atoms with E-state index in [4.69, 9.17) is 28.5 Å². The molecule has 0 aliphatic rings. The standard InChI is InChI=1S/C11H5BrCl2N2O2S2/c12-7-1-2-8(6(3-7)5-15)16-20(17,18)9-4-10(13)19-11(9)14/h1-4,16H. The van der Waals surface area contributed by atoms with Gasteiger partial charge in [0.15, 0.2) is 0 Å². The molecule has 2 aromatic rings. The van der Waals surface area contributed by atoms with E-state index in [1.54, 1.807) is 6.07 Å². The van der Waals surface area contributed by atoms with Crippen LogP contribution in [0.15, 0.2) is 33.6 Å². The van der Waals surface area contributed by atoms with E-state index in [1.165, 1.54) is 18.2 Å². The fraction of sp³-hybridized carbons (Fsp3) is 0. The number of hydrogen-bond donors (Lipinski definition) is 1. The molecule has 0 radical (unpaired) electrons. The molecule has 0 saturated heterocycles. The normalized spacial score (nSPS) is 11.1. The predicted molar refractivity (Wildman–Crippen MR) is 84.0 cm³/mol. The maximum absolute atomic E-state index is 12.2. The fourth-order valence-electron chi connectivity index (χ4n) is 1.41. The molecule has 0 amide bonds. The van der Waals surface area contributed by atoms with Crippen LogP contribution in [0.2, 0.25) is 8.67 Å². The maximum Gasteiger partial charge on any atom is 0.264 e. The Bertz CT molecular complexity index is 812. The lowest BCUT2D eigenvalue weighted by atomic mass is 10.2.